The number of carbonyl (C=O) groups is 3. The molecule has 120 valence electrons. The highest BCUT2D eigenvalue weighted by Gasteiger charge is 2.47. The summed E-state index contributed by atoms with van der Waals surface area (Å²) in [5.74, 6) is -1.34. The summed E-state index contributed by atoms with van der Waals surface area (Å²) < 4.78 is 10.6. The average Bonchev–Trinajstić information content (AvgIpc) is 2.50. The monoisotopic (exact) mass is 299 g/mol. The number of rotatable bonds is 1. The van der Waals surface area contributed by atoms with Crippen molar-refractivity contribution >= 4 is 17.8 Å². The molecule has 2 atom stereocenters. The number of hydrogen-bond donors (Lipinski definition) is 0. The fraction of sp³-hybridized carbons (Fsp3) is 0.800. The van der Waals surface area contributed by atoms with Crippen LogP contribution in [0.2, 0.25) is 0 Å². The molecule has 1 fully saturated rings. The van der Waals surface area contributed by atoms with Crippen LogP contribution in [0.15, 0.2) is 0 Å². The maximum atomic E-state index is 12.3. The zero-order chi connectivity index (χ0) is 16.6. The van der Waals surface area contributed by atoms with Crippen molar-refractivity contribution in [2.45, 2.75) is 65.7 Å². The lowest BCUT2D eigenvalue weighted by Crippen LogP contribution is -2.47. The van der Waals surface area contributed by atoms with E-state index < -0.39 is 35.2 Å². The van der Waals surface area contributed by atoms with Gasteiger partial charge in [-0.3, -0.25) is 9.69 Å². The van der Waals surface area contributed by atoms with Crippen molar-refractivity contribution in [1.82, 2.24) is 4.90 Å². The predicted molar refractivity (Wildman–Crippen MR) is 76.7 cm³/mol. The van der Waals surface area contributed by atoms with Crippen LogP contribution in [-0.2, 0) is 19.1 Å². The van der Waals surface area contributed by atoms with Gasteiger partial charge in [-0.1, -0.05) is 6.92 Å². The smallest absolute Gasteiger partial charge is 0.411 e. The van der Waals surface area contributed by atoms with Crippen molar-refractivity contribution in [2.75, 3.05) is 6.54 Å². The molecular weight excluding hydrogens is 274 g/mol. The zero-order valence-corrected chi connectivity index (χ0v) is 13.9. The molecule has 1 saturated heterocycles. The number of Topliss-reactive ketones (excluding diaryl/α,β-unsaturated/α-hetero) is 1. The molecule has 0 aliphatic carbocycles. The molecule has 0 bridgehead atoms. The predicted octanol–water partition coefficient (Wildman–Crippen LogP) is 2.15. The Labute approximate surface area is 125 Å². The summed E-state index contributed by atoms with van der Waals surface area (Å²) in [5, 5.41) is 0. The van der Waals surface area contributed by atoms with E-state index in [-0.39, 0.29) is 12.3 Å². The van der Waals surface area contributed by atoms with Crippen molar-refractivity contribution in [3.8, 4) is 0 Å². The first-order valence-electron chi connectivity index (χ1n) is 7.07. The summed E-state index contributed by atoms with van der Waals surface area (Å²) in [6.45, 7) is 11.9. The molecule has 1 heterocycles. The number of ketones is 1. The van der Waals surface area contributed by atoms with Gasteiger partial charge in [-0.15, -0.1) is 0 Å². The second-order valence-electron chi connectivity index (χ2n) is 7.34. The van der Waals surface area contributed by atoms with E-state index in [1.165, 1.54) is 0 Å². The van der Waals surface area contributed by atoms with Gasteiger partial charge in [0.1, 0.15) is 17.2 Å². The van der Waals surface area contributed by atoms with E-state index in [0.717, 1.165) is 4.90 Å². The van der Waals surface area contributed by atoms with Gasteiger partial charge in [-0.05, 0) is 41.5 Å². The normalized spacial score (nSPS) is 23.2. The van der Waals surface area contributed by atoms with Crippen molar-refractivity contribution < 1.29 is 23.9 Å². The number of hydrogen-bond acceptors (Lipinski definition) is 5. The van der Waals surface area contributed by atoms with Crippen molar-refractivity contribution in [3.05, 3.63) is 0 Å². The highest BCUT2D eigenvalue weighted by molar-refractivity contribution is 5.97. The molecule has 1 rings (SSSR count). The standard InChI is InChI=1S/C15H25NO5/c1-9-10(17)8-16(13(19)21-15(5,6)7)11(9)12(18)20-14(2,3)4/h9,11H,8H2,1-7H3/t9-,11+/m1/s1. The first-order valence-corrected chi connectivity index (χ1v) is 7.07. The average molecular weight is 299 g/mol. The summed E-state index contributed by atoms with van der Waals surface area (Å²) >= 11 is 0. The lowest BCUT2D eigenvalue weighted by atomic mass is 10.0. The van der Waals surface area contributed by atoms with E-state index in [1.54, 1.807) is 48.5 Å². The molecule has 1 aliphatic heterocycles. The summed E-state index contributed by atoms with van der Waals surface area (Å²) in [7, 11) is 0. The molecule has 1 aliphatic rings. The SMILES string of the molecule is C[C@@H]1C(=O)CN(C(=O)OC(C)(C)C)[C@@H]1C(=O)OC(C)(C)C. The topological polar surface area (TPSA) is 72.9 Å². The molecule has 6 heteroatoms. The molecule has 0 aromatic carbocycles. The van der Waals surface area contributed by atoms with Gasteiger partial charge in [0.05, 0.1) is 6.54 Å². The zero-order valence-electron chi connectivity index (χ0n) is 13.9. The van der Waals surface area contributed by atoms with Crippen LogP contribution in [0.5, 0.6) is 0 Å². The maximum absolute atomic E-state index is 12.3. The van der Waals surface area contributed by atoms with Crippen molar-refractivity contribution in [2.24, 2.45) is 5.92 Å². The number of nitrogens with zero attached hydrogens (tertiary/aromatic N) is 1. The third-order valence-corrected chi connectivity index (χ3v) is 2.92. The minimum absolute atomic E-state index is 0.125. The second kappa shape index (κ2) is 5.66. The molecular formula is C15H25NO5. The van der Waals surface area contributed by atoms with Gasteiger partial charge in [-0.2, -0.15) is 0 Å². The summed E-state index contributed by atoms with van der Waals surface area (Å²) in [6.07, 6.45) is -0.670. The Morgan fingerprint density at radius 2 is 1.52 bits per heavy atom. The highest BCUT2D eigenvalue weighted by Crippen LogP contribution is 2.26. The fourth-order valence-corrected chi connectivity index (χ4v) is 2.05. The third kappa shape index (κ3) is 4.72. The Kier molecular flexibility index (Phi) is 4.70. The van der Waals surface area contributed by atoms with Gasteiger partial charge < -0.3 is 9.47 Å². The van der Waals surface area contributed by atoms with E-state index in [1.807, 2.05) is 0 Å². The Bertz CT molecular complexity index is 444. The molecule has 0 spiro atoms. The minimum Gasteiger partial charge on any atom is -0.458 e. The summed E-state index contributed by atoms with van der Waals surface area (Å²) in [4.78, 5) is 37.5. The molecule has 0 unspecified atom stereocenters. The number of amides is 1. The van der Waals surface area contributed by atoms with Crippen LogP contribution in [0.4, 0.5) is 4.79 Å². The molecule has 0 saturated carbocycles. The Hall–Kier alpha value is -1.59. The quantitative estimate of drug-likeness (QED) is 0.694. The largest absolute Gasteiger partial charge is 0.458 e. The Balaban J connectivity index is 2.94. The number of carbonyl (C=O) groups excluding carboxylic acids is 3. The highest BCUT2D eigenvalue weighted by atomic mass is 16.6. The van der Waals surface area contributed by atoms with E-state index in [0.29, 0.717) is 0 Å². The van der Waals surface area contributed by atoms with Crippen molar-refractivity contribution in [1.29, 1.82) is 0 Å². The molecule has 6 nitrogen and oxygen atoms in total. The Morgan fingerprint density at radius 1 is 1.05 bits per heavy atom. The number of ether oxygens (including phenoxy) is 2. The lowest BCUT2D eigenvalue weighted by molar-refractivity contribution is -0.161. The molecule has 0 radical (unpaired) electrons. The molecule has 0 N–H and O–H groups in total. The summed E-state index contributed by atoms with van der Waals surface area (Å²) in [6, 6.07) is -0.924. The fourth-order valence-electron chi connectivity index (χ4n) is 2.05. The van der Waals surface area contributed by atoms with Crippen LogP contribution in [0.1, 0.15) is 48.5 Å². The van der Waals surface area contributed by atoms with E-state index >= 15 is 0 Å². The van der Waals surface area contributed by atoms with Crippen LogP contribution < -0.4 is 0 Å². The van der Waals surface area contributed by atoms with Crippen LogP contribution in [-0.4, -0.2) is 46.5 Å². The van der Waals surface area contributed by atoms with E-state index in [4.69, 9.17) is 9.47 Å². The van der Waals surface area contributed by atoms with E-state index in [9.17, 15) is 14.4 Å². The van der Waals surface area contributed by atoms with Gasteiger partial charge in [0.25, 0.3) is 0 Å². The molecule has 0 aromatic rings. The maximum Gasteiger partial charge on any atom is 0.411 e. The molecule has 0 aromatic heterocycles. The van der Waals surface area contributed by atoms with Crippen LogP contribution in [0.25, 0.3) is 0 Å². The minimum atomic E-state index is -0.924. The van der Waals surface area contributed by atoms with Gasteiger partial charge in [-0.25, -0.2) is 9.59 Å². The Morgan fingerprint density at radius 3 is 1.95 bits per heavy atom. The first kappa shape index (κ1) is 17.5. The first-order chi connectivity index (χ1) is 9.32. The lowest BCUT2D eigenvalue weighted by Gasteiger charge is -2.30. The van der Waals surface area contributed by atoms with Crippen LogP contribution in [0, 0.1) is 5.92 Å². The summed E-state index contributed by atoms with van der Waals surface area (Å²) in [5.41, 5.74) is -1.37. The van der Waals surface area contributed by atoms with Crippen molar-refractivity contribution in [3.63, 3.8) is 0 Å². The molecule has 21 heavy (non-hydrogen) atoms. The van der Waals surface area contributed by atoms with Crippen LogP contribution >= 0.6 is 0 Å². The van der Waals surface area contributed by atoms with E-state index in [2.05, 4.69) is 0 Å². The van der Waals surface area contributed by atoms with Gasteiger partial charge in [0.2, 0.25) is 0 Å². The number of likely N-dealkylation sites (tertiary alicyclic amines) is 1. The van der Waals surface area contributed by atoms with Gasteiger partial charge >= 0.3 is 12.1 Å². The second-order valence-corrected chi connectivity index (χ2v) is 7.34. The van der Waals surface area contributed by atoms with Crippen LogP contribution in [0.3, 0.4) is 0 Å². The number of esters is 1. The molecule has 1 amide bonds. The third-order valence-electron chi connectivity index (χ3n) is 2.92. The van der Waals surface area contributed by atoms with Gasteiger partial charge in [0, 0.05) is 5.92 Å². The van der Waals surface area contributed by atoms with Gasteiger partial charge in [0.15, 0.2) is 5.78 Å².